The van der Waals surface area contributed by atoms with Crippen LogP contribution in [0.1, 0.15) is 17.7 Å². The lowest BCUT2D eigenvalue weighted by Crippen LogP contribution is -2.02. The predicted octanol–water partition coefficient (Wildman–Crippen LogP) is 0.845. The van der Waals surface area contributed by atoms with E-state index in [4.69, 9.17) is 11.0 Å². The lowest BCUT2D eigenvalue weighted by molar-refractivity contribution is 0.826. The van der Waals surface area contributed by atoms with Crippen molar-refractivity contribution in [2.45, 2.75) is 12.8 Å². The highest BCUT2D eigenvalue weighted by molar-refractivity contribution is 5.30. The molecule has 3 heteroatoms. The highest BCUT2D eigenvalue weighted by Crippen LogP contribution is 2.05. The van der Waals surface area contributed by atoms with E-state index in [1.165, 1.54) is 0 Å². The molecule has 0 bridgehead atoms. The topological polar surface area (TPSA) is 62.7 Å². The van der Waals surface area contributed by atoms with Crippen molar-refractivity contribution in [3.8, 4) is 6.07 Å². The molecule has 0 unspecified atom stereocenters. The molecular formula is C9H11N3. The van der Waals surface area contributed by atoms with Crippen LogP contribution in [0.15, 0.2) is 18.3 Å². The lowest BCUT2D eigenvalue weighted by Gasteiger charge is -1.99. The second-order valence-electron chi connectivity index (χ2n) is 2.52. The average molecular weight is 161 g/mol. The number of hydrogen-bond donors (Lipinski definition) is 1. The summed E-state index contributed by atoms with van der Waals surface area (Å²) in [5.41, 5.74) is 6.88. The van der Waals surface area contributed by atoms with Gasteiger partial charge in [-0.15, -0.1) is 0 Å². The van der Waals surface area contributed by atoms with Gasteiger partial charge < -0.3 is 5.73 Å². The summed E-state index contributed by atoms with van der Waals surface area (Å²) < 4.78 is 0. The van der Waals surface area contributed by atoms with E-state index in [2.05, 4.69) is 11.1 Å². The molecule has 0 radical (unpaired) electrons. The fourth-order valence-corrected chi connectivity index (χ4v) is 1.03. The second-order valence-corrected chi connectivity index (χ2v) is 2.52. The third-order valence-corrected chi connectivity index (χ3v) is 1.65. The van der Waals surface area contributed by atoms with Crippen LogP contribution in [0.4, 0.5) is 0 Å². The number of aromatic nitrogens is 1. The lowest BCUT2D eigenvalue weighted by atomic mass is 10.1. The first kappa shape index (κ1) is 8.69. The van der Waals surface area contributed by atoms with Gasteiger partial charge >= 0.3 is 0 Å². The van der Waals surface area contributed by atoms with E-state index < -0.39 is 0 Å². The highest BCUT2D eigenvalue weighted by Gasteiger charge is 1.99. The van der Waals surface area contributed by atoms with Crippen LogP contribution in [0.2, 0.25) is 0 Å². The summed E-state index contributed by atoms with van der Waals surface area (Å²) in [6.07, 6.45) is 3.37. The van der Waals surface area contributed by atoms with Crippen molar-refractivity contribution >= 4 is 0 Å². The van der Waals surface area contributed by atoms with E-state index in [-0.39, 0.29) is 0 Å². The number of nitrogens with zero attached hydrogens (tertiary/aromatic N) is 2. The summed E-state index contributed by atoms with van der Waals surface area (Å²) in [6.45, 7) is 0.653. The minimum Gasteiger partial charge on any atom is -0.330 e. The maximum atomic E-state index is 8.67. The Morgan fingerprint density at radius 1 is 1.58 bits per heavy atom. The molecule has 3 nitrogen and oxygen atoms in total. The van der Waals surface area contributed by atoms with Crippen molar-refractivity contribution in [3.05, 3.63) is 29.6 Å². The quantitative estimate of drug-likeness (QED) is 0.714. The van der Waals surface area contributed by atoms with Crippen LogP contribution < -0.4 is 5.73 Å². The minimum atomic E-state index is 0.519. The monoisotopic (exact) mass is 161 g/mol. The summed E-state index contributed by atoms with van der Waals surface area (Å²) in [5.74, 6) is 0. The molecule has 0 atom stereocenters. The molecule has 0 aromatic carbocycles. The van der Waals surface area contributed by atoms with Gasteiger partial charge in [0, 0.05) is 6.20 Å². The molecule has 2 N–H and O–H groups in total. The third-order valence-electron chi connectivity index (χ3n) is 1.65. The third kappa shape index (κ3) is 2.04. The first-order chi connectivity index (χ1) is 5.88. The summed E-state index contributed by atoms with van der Waals surface area (Å²) >= 11 is 0. The van der Waals surface area contributed by atoms with Crippen LogP contribution in [-0.4, -0.2) is 11.5 Å². The van der Waals surface area contributed by atoms with E-state index in [0.29, 0.717) is 12.2 Å². The molecule has 62 valence electrons. The Bertz CT molecular complexity index is 288. The minimum absolute atomic E-state index is 0.519. The van der Waals surface area contributed by atoms with Crippen LogP contribution >= 0.6 is 0 Å². The highest BCUT2D eigenvalue weighted by atomic mass is 14.7. The van der Waals surface area contributed by atoms with Crippen LogP contribution in [0.5, 0.6) is 0 Å². The zero-order valence-corrected chi connectivity index (χ0v) is 6.83. The summed E-state index contributed by atoms with van der Waals surface area (Å²) in [5, 5.41) is 8.67. The van der Waals surface area contributed by atoms with Gasteiger partial charge in [0.2, 0.25) is 0 Å². The smallest absolute Gasteiger partial charge is 0.143 e. The van der Waals surface area contributed by atoms with Crippen LogP contribution in [-0.2, 0) is 6.42 Å². The van der Waals surface area contributed by atoms with Crippen molar-refractivity contribution in [1.82, 2.24) is 4.98 Å². The van der Waals surface area contributed by atoms with E-state index in [9.17, 15) is 0 Å². The van der Waals surface area contributed by atoms with Crippen molar-refractivity contribution in [3.63, 3.8) is 0 Å². The van der Waals surface area contributed by atoms with E-state index in [0.717, 1.165) is 18.4 Å². The number of pyridine rings is 1. The number of nitrogens with two attached hydrogens (primary N) is 1. The van der Waals surface area contributed by atoms with Gasteiger partial charge in [-0.25, -0.2) is 4.98 Å². The molecule has 1 aromatic rings. The number of hydrogen-bond acceptors (Lipinski definition) is 3. The Morgan fingerprint density at radius 2 is 2.42 bits per heavy atom. The van der Waals surface area contributed by atoms with E-state index in [1.54, 1.807) is 6.20 Å². The molecular weight excluding hydrogens is 150 g/mol. The van der Waals surface area contributed by atoms with Gasteiger partial charge in [0.1, 0.15) is 11.8 Å². The number of rotatable bonds is 3. The SMILES string of the molecule is N#Cc1ncccc1CCCN. The van der Waals surface area contributed by atoms with Gasteiger partial charge in [-0.1, -0.05) is 6.07 Å². The largest absolute Gasteiger partial charge is 0.330 e. The molecule has 1 aromatic heterocycles. The first-order valence-corrected chi connectivity index (χ1v) is 3.92. The zero-order valence-electron chi connectivity index (χ0n) is 6.83. The first-order valence-electron chi connectivity index (χ1n) is 3.92. The number of aryl methyl sites for hydroxylation is 1. The Kier molecular flexibility index (Phi) is 3.24. The zero-order chi connectivity index (χ0) is 8.81. The Hall–Kier alpha value is -1.40. The second kappa shape index (κ2) is 4.47. The molecule has 12 heavy (non-hydrogen) atoms. The van der Waals surface area contributed by atoms with Crippen molar-refractivity contribution in [2.75, 3.05) is 6.54 Å². The maximum Gasteiger partial charge on any atom is 0.143 e. The van der Waals surface area contributed by atoms with Crippen LogP contribution in [0.3, 0.4) is 0 Å². The fraction of sp³-hybridized carbons (Fsp3) is 0.333. The molecule has 0 amide bonds. The Labute approximate surface area is 71.8 Å². The van der Waals surface area contributed by atoms with Gasteiger partial charge in [0.05, 0.1) is 0 Å². The fourth-order valence-electron chi connectivity index (χ4n) is 1.03. The van der Waals surface area contributed by atoms with Gasteiger partial charge in [-0.2, -0.15) is 5.26 Å². The van der Waals surface area contributed by atoms with Crippen molar-refractivity contribution < 1.29 is 0 Å². The molecule has 1 heterocycles. The summed E-state index contributed by atoms with van der Waals surface area (Å²) in [6, 6.07) is 5.81. The van der Waals surface area contributed by atoms with Crippen LogP contribution in [0.25, 0.3) is 0 Å². The van der Waals surface area contributed by atoms with Crippen LogP contribution in [0, 0.1) is 11.3 Å². The Morgan fingerprint density at radius 3 is 3.08 bits per heavy atom. The molecule has 0 saturated heterocycles. The van der Waals surface area contributed by atoms with Crippen molar-refractivity contribution in [1.29, 1.82) is 5.26 Å². The molecule has 0 aliphatic rings. The van der Waals surface area contributed by atoms with E-state index >= 15 is 0 Å². The molecule has 0 aliphatic carbocycles. The number of nitriles is 1. The predicted molar refractivity (Wildman–Crippen MR) is 46.3 cm³/mol. The van der Waals surface area contributed by atoms with Gasteiger partial charge in [-0.3, -0.25) is 0 Å². The summed E-state index contributed by atoms with van der Waals surface area (Å²) in [7, 11) is 0. The van der Waals surface area contributed by atoms with Crippen molar-refractivity contribution in [2.24, 2.45) is 5.73 Å². The van der Waals surface area contributed by atoms with Gasteiger partial charge in [0.15, 0.2) is 0 Å². The molecule has 0 spiro atoms. The molecule has 1 rings (SSSR count). The standard InChI is InChI=1S/C9H11N3/c10-5-1-3-8-4-2-6-12-9(8)7-11/h2,4,6H,1,3,5,10H2. The maximum absolute atomic E-state index is 8.67. The van der Waals surface area contributed by atoms with Gasteiger partial charge in [-0.05, 0) is 31.0 Å². The average Bonchev–Trinajstić information content (AvgIpc) is 2.15. The molecule has 0 saturated carbocycles. The molecule has 0 aliphatic heterocycles. The molecule has 0 fully saturated rings. The summed E-state index contributed by atoms with van der Waals surface area (Å²) in [4.78, 5) is 3.95. The Balaban J connectivity index is 2.77. The normalized spacial score (nSPS) is 9.33. The van der Waals surface area contributed by atoms with Gasteiger partial charge in [0.25, 0.3) is 0 Å². The van der Waals surface area contributed by atoms with E-state index in [1.807, 2.05) is 12.1 Å².